The van der Waals surface area contributed by atoms with Gasteiger partial charge in [-0.1, -0.05) is 60.7 Å². The minimum Gasteiger partial charge on any atom is -0.338 e. The SMILES string of the molecule is CCc1cccc2sc(NC(=O)NCCCc3ccccc3)nc12. The molecule has 2 aromatic carbocycles. The second kappa shape index (κ2) is 7.93. The van der Waals surface area contributed by atoms with E-state index in [4.69, 9.17) is 0 Å². The summed E-state index contributed by atoms with van der Waals surface area (Å²) in [5.74, 6) is 0. The average Bonchev–Trinajstić information content (AvgIpc) is 3.02. The third kappa shape index (κ3) is 4.11. The van der Waals surface area contributed by atoms with Gasteiger partial charge in [-0.15, -0.1) is 0 Å². The lowest BCUT2D eigenvalue weighted by molar-refractivity contribution is 0.252. The lowest BCUT2D eigenvalue weighted by Crippen LogP contribution is -2.29. The number of hydrogen-bond acceptors (Lipinski definition) is 3. The zero-order valence-electron chi connectivity index (χ0n) is 13.7. The normalized spacial score (nSPS) is 10.7. The third-order valence-corrected chi connectivity index (χ3v) is 4.81. The number of benzene rings is 2. The van der Waals surface area contributed by atoms with E-state index in [1.807, 2.05) is 30.3 Å². The van der Waals surface area contributed by atoms with Crippen LogP contribution in [-0.2, 0) is 12.8 Å². The van der Waals surface area contributed by atoms with E-state index in [0.29, 0.717) is 11.7 Å². The molecule has 4 nitrogen and oxygen atoms in total. The summed E-state index contributed by atoms with van der Waals surface area (Å²) >= 11 is 1.51. The predicted molar refractivity (Wildman–Crippen MR) is 101 cm³/mol. The van der Waals surface area contributed by atoms with Gasteiger partial charge in [-0.25, -0.2) is 9.78 Å². The minimum absolute atomic E-state index is 0.194. The van der Waals surface area contributed by atoms with Crippen LogP contribution >= 0.6 is 11.3 Å². The number of anilines is 1. The van der Waals surface area contributed by atoms with Crippen molar-refractivity contribution in [3.8, 4) is 0 Å². The highest BCUT2D eigenvalue weighted by atomic mass is 32.1. The molecule has 0 saturated heterocycles. The van der Waals surface area contributed by atoms with Crippen LogP contribution in [0.1, 0.15) is 24.5 Å². The Morgan fingerprint density at radius 3 is 2.75 bits per heavy atom. The van der Waals surface area contributed by atoms with Crippen molar-refractivity contribution < 1.29 is 4.79 Å². The van der Waals surface area contributed by atoms with Crippen LogP contribution in [-0.4, -0.2) is 17.6 Å². The van der Waals surface area contributed by atoms with E-state index in [1.54, 1.807) is 0 Å². The molecule has 0 spiro atoms. The van der Waals surface area contributed by atoms with Crippen molar-refractivity contribution in [2.24, 2.45) is 0 Å². The molecule has 0 aliphatic rings. The highest BCUT2D eigenvalue weighted by molar-refractivity contribution is 7.22. The van der Waals surface area contributed by atoms with Gasteiger partial charge in [0.15, 0.2) is 5.13 Å². The summed E-state index contributed by atoms with van der Waals surface area (Å²) in [6.45, 7) is 2.76. The number of amides is 2. The van der Waals surface area contributed by atoms with Crippen LogP contribution in [0.25, 0.3) is 10.2 Å². The van der Waals surface area contributed by atoms with E-state index in [1.165, 1.54) is 22.5 Å². The van der Waals surface area contributed by atoms with Crippen molar-refractivity contribution in [1.29, 1.82) is 0 Å². The van der Waals surface area contributed by atoms with Crippen LogP contribution in [0.2, 0.25) is 0 Å². The second-order valence-electron chi connectivity index (χ2n) is 5.61. The summed E-state index contributed by atoms with van der Waals surface area (Å²) in [5, 5.41) is 6.37. The molecule has 24 heavy (non-hydrogen) atoms. The van der Waals surface area contributed by atoms with Crippen molar-refractivity contribution in [3.05, 3.63) is 59.7 Å². The number of urea groups is 1. The summed E-state index contributed by atoms with van der Waals surface area (Å²) in [7, 11) is 0. The fourth-order valence-electron chi connectivity index (χ4n) is 2.62. The van der Waals surface area contributed by atoms with Crippen molar-refractivity contribution in [1.82, 2.24) is 10.3 Å². The first-order chi connectivity index (χ1) is 11.8. The molecule has 0 unspecified atom stereocenters. The van der Waals surface area contributed by atoms with E-state index in [0.717, 1.165) is 29.5 Å². The molecule has 0 bridgehead atoms. The maximum atomic E-state index is 12.0. The molecule has 1 aromatic heterocycles. The molecule has 0 saturated carbocycles. The fraction of sp³-hybridized carbons (Fsp3) is 0.263. The Kier molecular flexibility index (Phi) is 5.43. The number of para-hydroxylation sites is 1. The number of nitrogens with one attached hydrogen (secondary N) is 2. The van der Waals surface area contributed by atoms with Gasteiger partial charge in [0.05, 0.1) is 10.2 Å². The van der Waals surface area contributed by atoms with Gasteiger partial charge in [-0.05, 0) is 36.5 Å². The van der Waals surface area contributed by atoms with Crippen LogP contribution in [0, 0.1) is 0 Å². The molecular formula is C19H21N3OS. The molecule has 124 valence electrons. The molecule has 3 aromatic rings. The fourth-order valence-corrected chi connectivity index (χ4v) is 3.53. The first kappa shape index (κ1) is 16.5. The summed E-state index contributed by atoms with van der Waals surface area (Å²) < 4.78 is 1.11. The summed E-state index contributed by atoms with van der Waals surface area (Å²) in [6.07, 6.45) is 2.81. The molecule has 5 heteroatoms. The van der Waals surface area contributed by atoms with Gasteiger partial charge < -0.3 is 5.32 Å². The molecule has 2 amide bonds. The number of hydrogen-bond donors (Lipinski definition) is 2. The number of nitrogens with zero attached hydrogens (tertiary/aromatic N) is 1. The summed E-state index contributed by atoms with van der Waals surface area (Å²) in [4.78, 5) is 16.5. The number of fused-ring (bicyclic) bond motifs is 1. The Bertz CT molecular complexity index is 814. The molecule has 3 rings (SSSR count). The van der Waals surface area contributed by atoms with E-state index in [2.05, 4.69) is 40.7 Å². The first-order valence-corrected chi connectivity index (χ1v) is 9.05. The largest absolute Gasteiger partial charge is 0.338 e. The minimum atomic E-state index is -0.194. The number of aryl methyl sites for hydroxylation is 2. The van der Waals surface area contributed by atoms with E-state index >= 15 is 0 Å². The number of thiazole rings is 1. The standard InChI is InChI=1S/C19H21N3OS/c1-2-15-11-6-12-16-17(15)21-19(24-16)22-18(23)20-13-7-10-14-8-4-3-5-9-14/h3-6,8-9,11-12H,2,7,10,13H2,1H3,(H2,20,21,22,23). The Morgan fingerprint density at radius 2 is 1.96 bits per heavy atom. The van der Waals surface area contributed by atoms with Crippen LogP contribution in [0.4, 0.5) is 9.93 Å². The summed E-state index contributed by atoms with van der Waals surface area (Å²) in [6, 6.07) is 16.2. The molecule has 2 N–H and O–H groups in total. The van der Waals surface area contributed by atoms with Gasteiger partial charge in [-0.3, -0.25) is 5.32 Å². The topological polar surface area (TPSA) is 54.0 Å². The molecule has 1 heterocycles. The smallest absolute Gasteiger partial charge is 0.321 e. The Morgan fingerprint density at radius 1 is 1.12 bits per heavy atom. The predicted octanol–water partition coefficient (Wildman–Crippen LogP) is 4.61. The van der Waals surface area contributed by atoms with Gasteiger partial charge in [-0.2, -0.15) is 0 Å². The van der Waals surface area contributed by atoms with Gasteiger partial charge in [0.25, 0.3) is 0 Å². The number of rotatable bonds is 6. The molecule has 0 aliphatic carbocycles. The molecular weight excluding hydrogens is 318 g/mol. The zero-order chi connectivity index (χ0) is 16.8. The van der Waals surface area contributed by atoms with Crippen LogP contribution in [0.3, 0.4) is 0 Å². The Balaban J connectivity index is 1.50. The van der Waals surface area contributed by atoms with Crippen LogP contribution in [0.5, 0.6) is 0 Å². The molecule has 0 atom stereocenters. The van der Waals surface area contributed by atoms with E-state index < -0.39 is 0 Å². The van der Waals surface area contributed by atoms with Gasteiger partial charge in [0.2, 0.25) is 0 Å². The third-order valence-electron chi connectivity index (χ3n) is 3.87. The Hall–Kier alpha value is -2.40. The van der Waals surface area contributed by atoms with Crippen molar-refractivity contribution in [2.45, 2.75) is 26.2 Å². The van der Waals surface area contributed by atoms with Gasteiger partial charge in [0.1, 0.15) is 0 Å². The van der Waals surface area contributed by atoms with Crippen LogP contribution in [0.15, 0.2) is 48.5 Å². The average molecular weight is 339 g/mol. The monoisotopic (exact) mass is 339 g/mol. The number of carbonyl (C=O) groups excluding carboxylic acids is 1. The summed E-state index contributed by atoms with van der Waals surface area (Å²) in [5.41, 5.74) is 3.49. The molecule has 0 aliphatic heterocycles. The maximum Gasteiger partial charge on any atom is 0.321 e. The number of carbonyl (C=O) groups is 1. The van der Waals surface area contributed by atoms with Gasteiger partial charge >= 0.3 is 6.03 Å². The van der Waals surface area contributed by atoms with E-state index in [-0.39, 0.29) is 6.03 Å². The second-order valence-corrected chi connectivity index (χ2v) is 6.64. The van der Waals surface area contributed by atoms with Crippen molar-refractivity contribution in [3.63, 3.8) is 0 Å². The molecule has 0 fully saturated rings. The quantitative estimate of drug-likeness (QED) is 0.644. The Labute approximate surface area is 145 Å². The first-order valence-electron chi connectivity index (χ1n) is 8.23. The van der Waals surface area contributed by atoms with Gasteiger partial charge in [0, 0.05) is 6.54 Å². The van der Waals surface area contributed by atoms with Crippen LogP contribution < -0.4 is 10.6 Å². The van der Waals surface area contributed by atoms with E-state index in [9.17, 15) is 4.79 Å². The highest BCUT2D eigenvalue weighted by Gasteiger charge is 2.09. The molecule has 0 radical (unpaired) electrons. The maximum absolute atomic E-state index is 12.0. The highest BCUT2D eigenvalue weighted by Crippen LogP contribution is 2.28. The van der Waals surface area contributed by atoms with Crippen molar-refractivity contribution >= 4 is 32.7 Å². The lowest BCUT2D eigenvalue weighted by atomic mass is 10.1. The lowest BCUT2D eigenvalue weighted by Gasteiger charge is -2.05. The van der Waals surface area contributed by atoms with Crippen molar-refractivity contribution in [2.75, 3.05) is 11.9 Å². The number of aromatic nitrogens is 1. The zero-order valence-corrected chi connectivity index (χ0v) is 14.5.